The number of hydrogen-bond acceptors (Lipinski definition) is 4. The SMILES string of the molecule is C=CCN(c1ccccc1Cl)S(=O)(=O)c1cccc(C(=O)Nc2ccc(C#N)cc2)c1. The second-order valence-corrected chi connectivity index (χ2v) is 8.72. The molecule has 0 atom stereocenters. The molecule has 0 radical (unpaired) electrons. The van der Waals surface area contributed by atoms with E-state index >= 15 is 0 Å². The maximum Gasteiger partial charge on any atom is 0.264 e. The first kappa shape index (κ1) is 22.1. The minimum Gasteiger partial charge on any atom is -0.322 e. The molecule has 3 aromatic carbocycles. The molecule has 0 unspecified atom stereocenters. The van der Waals surface area contributed by atoms with Gasteiger partial charge >= 0.3 is 0 Å². The molecule has 3 aromatic rings. The normalized spacial score (nSPS) is 10.7. The minimum atomic E-state index is -4.02. The fraction of sp³-hybridized carbons (Fsp3) is 0.0435. The maximum absolute atomic E-state index is 13.3. The number of anilines is 2. The number of nitrogens with zero attached hydrogens (tertiary/aromatic N) is 2. The highest BCUT2D eigenvalue weighted by molar-refractivity contribution is 7.92. The van der Waals surface area contributed by atoms with E-state index in [-0.39, 0.29) is 22.0 Å². The third-order valence-electron chi connectivity index (χ3n) is 4.37. The van der Waals surface area contributed by atoms with Crippen LogP contribution in [0.25, 0.3) is 0 Å². The molecule has 0 heterocycles. The van der Waals surface area contributed by atoms with Gasteiger partial charge in [-0.2, -0.15) is 5.26 Å². The summed E-state index contributed by atoms with van der Waals surface area (Å²) in [6.07, 6.45) is 1.46. The summed E-state index contributed by atoms with van der Waals surface area (Å²) in [4.78, 5) is 12.6. The molecule has 156 valence electrons. The molecular weight excluding hydrogens is 434 g/mol. The van der Waals surface area contributed by atoms with Crippen LogP contribution in [-0.2, 0) is 10.0 Å². The quantitative estimate of drug-likeness (QED) is 0.520. The van der Waals surface area contributed by atoms with Gasteiger partial charge < -0.3 is 5.32 Å². The number of sulfonamides is 1. The fourth-order valence-electron chi connectivity index (χ4n) is 2.85. The van der Waals surface area contributed by atoms with Gasteiger partial charge in [0.05, 0.1) is 33.8 Å². The third-order valence-corrected chi connectivity index (χ3v) is 6.47. The van der Waals surface area contributed by atoms with Crippen LogP contribution in [0, 0.1) is 11.3 Å². The van der Waals surface area contributed by atoms with E-state index in [9.17, 15) is 13.2 Å². The molecule has 1 N–H and O–H groups in total. The topological polar surface area (TPSA) is 90.3 Å². The average molecular weight is 452 g/mol. The van der Waals surface area contributed by atoms with Crippen molar-refractivity contribution in [1.29, 1.82) is 5.26 Å². The lowest BCUT2D eigenvalue weighted by atomic mass is 10.2. The van der Waals surface area contributed by atoms with Crippen molar-refractivity contribution >= 4 is 38.9 Å². The van der Waals surface area contributed by atoms with Crippen molar-refractivity contribution in [3.63, 3.8) is 0 Å². The molecule has 0 aliphatic rings. The molecule has 3 rings (SSSR count). The lowest BCUT2D eigenvalue weighted by Crippen LogP contribution is -2.31. The van der Waals surface area contributed by atoms with Gasteiger partial charge in [0.1, 0.15) is 0 Å². The third kappa shape index (κ3) is 4.94. The number of halogens is 1. The molecule has 0 spiro atoms. The van der Waals surface area contributed by atoms with E-state index < -0.39 is 15.9 Å². The zero-order valence-electron chi connectivity index (χ0n) is 16.3. The molecule has 1 amide bonds. The van der Waals surface area contributed by atoms with Crippen LogP contribution in [0.4, 0.5) is 11.4 Å². The van der Waals surface area contributed by atoms with E-state index in [0.717, 1.165) is 4.31 Å². The Bertz CT molecular complexity index is 1270. The summed E-state index contributed by atoms with van der Waals surface area (Å²) in [6.45, 7) is 3.64. The second kappa shape index (κ2) is 9.47. The van der Waals surface area contributed by atoms with E-state index in [4.69, 9.17) is 16.9 Å². The van der Waals surface area contributed by atoms with E-state index in [1.54, 1.807) is 48.5 Å². The molecule has 31 heavy (non-hydrogen) atoms. The number of nitrogens with one attached hydrogen (secondary N) is 1. The van der Waals surface area contributed by atoms with Gasteiger partial charge in [0.25, 0.3) is 15.9 Å². The molecule has 0 saturated carbocycles. The van der Waals surface area contributed by atoms with Gasteiger partial charge in [-0.15, -0.1) is 6.58 Å². The fourth-order valence-corrected chi connectivity index (χ4v) is 4.64. The lowest BCUT2D eigenvalue weighted by molar-refractivity contribution is 0.102. The lowest BCUT2D eigenvalue weighted by Gasteiger charge is -2.24. The molecule has 0 fully saturated rings. The molecule has 0 saturated heterocycles. The molecule has 6 nitrogen and oxygen atoms in total. The average Bonchev–Trinajstić information content (AvgIpc) is 2.78. The summed E-state index contributed by atoms with van der Waals surface area (Å²) in [5.74, 6) is -0.477. The van der Waals surface area contributed by atoms with Crippen molar-refractivity contribution in [1.82, 2.24) is 0 Å². The molecular formula is C23H18ClN3O3S. The highest BCUT2D eigenvalue weighted by Gasteiger charge is 2.26. The maximum atomic E-state index is 13.3. The van der Waals surface area contributed by atoms with Crippen LogP contribution < -0.4 is 9.62 Å². The van der Waals surface area contributed by atoms with Crippen molar-refractivity contribution in [2.45, 2.75) is 4.90 Å². The number of carbonyl (C=O) groups excluding carboxylic acids is 1. The van der Waals surface area contributed by atoms with Gasteiger partial charge in [0, 0.05) is 11.3 Å². The zero-order chi connectivity index (χ0) is 22.4. The summed E-state index contributed by atoms with van der Waals surface area (Å²) >= 11 is 6.22. The van der Waals surface area contributed by atoms with Gasteiger partial charge in [0.15, 0.2) is 0 Å². The number of carbonyl (C=O) groups is 1. The van der Waals surface area contributed by atoms with E-state index in [1.807, 2.05) is 6.07 Å². The number of nitriles is 1. The number of para-hydroxylation sites is 1. The van der Waals surface area contributed by atoms with Crippen LogP contribution in [0.1, 0.15) is 15.9 Å². The first-order chi connectivity index (χ1) is 14.9. The molecule has 0 aromatic heterocycles. The largest absolute Gasteiger partial charge is 0.322 e. The Kier molecular flexibility index (Phi) is 6.75. The Morgan fingerprint density at radius 1 is 1.10 bits per heavy atom. The predicted molar refractivity (Wildman–Crippen MR) is 122 cm³/mol. The van der Waals surface area contributed by atoms with Crippen LogP contribution in [0.3, 0.4) is 0 Å². The zero-order valence-corrected chi connectivity index (χ0v) is 17.9. The minimum absolute atomic E-state index is 0.00767. The van der Waals surface area contributed by atoms with Crippen LogP contribution in [-0.4, -0.2) is 20.9 Å². The van der Waals surface area contributed by atoms with Gasteiger partial charge in [-0.05, 0) is 54.6 Å². The van der Waals surface area contributed by atoms with Crippen molar-refractivity contribution in [2.75, 3.05) is 16.2 Å². The standard InChI is InChI=1S/C23H18ClN3O3S/c1-2-14-27(22-9-4-3-8-21(22)24)31(29,30)20-7-5-6-18(15-20)23(28)26-19-12-10-17(16-25)11-13-19/h2-13,15H,1,14H2,(H,26,28). The number of benzene rings is 3. The Morgan fingerprint density at radius 3 is 2.45 bits per heavy atom. The van der Waals surface area contributed by atoms with Crippen LogP contribution in [0.2, 0.25) is 5.02 Å². The summed E-state index contributed by atoms with van der Waals surface area (Å²) in [5.41, 5.74) is 1.44. The van der Waals surface area contributed by atoms with Gasteiger partial charge in [0.2, 0.25) is 0 Å². The molecule has 0 aliphatic carbocycles. The Morgan fingerprint density at radius 2 is 1.81 bits per heavy atom. The Balaban J connectivity index is 1.92. The van der Waals surface area contributed by atoms with E-state index in [0.29, 0.717) is 16.9 Å². The van der Waals surface area contributed by atoms with Crippen LogP contribution >= 0.6 is 11.6 Å². The van der Waals surface area contributed by atoms with E-state index in [1.165, 1.54) is 30.3 Å². The smallest absolute Gasteiger partial charge is 0.264 e. The van der Waals surface area contributed by atoms with Crippen molar-refractivity contribution in [2.24, 2.45) is 0 Å². The first-order valence-corrected chi connectivity index (χ1v) is 11.0. The highest BCUT2D eigenvalue weighted by atomic mass is 35.5. The van der Waals surface area contributed by atoms with Crippen LogP contribution in [0.5, 0.6) is 0 Å². The van der Waals surface area contributed by atoms with Gasteiger partial charge in [-0.1, -0.05) is 35.9 Å². The van der Waals surface area contributed by atoms with Crippen molar-refractivity contribution in [3.05, 3.63) is 102 Å². The molecule has 8 heteroatoms. The van der Waals surface area contributed by atoms with Crippen molar-refractivity contribution < 1.29 is 13.2 Å². The summed E-state index contributed by atoms with van der Waals surface area (Å²) in [7, 11) is -4.02. The monoisotopic (exact) mass is 451 g/mol. The Labute approximate surface area is 186 Å². The summed E-state index contributed by atoms with van der Waals surface area (Å²) in [5, 5.41) is 11.8. The molecule has 0 aliphatic heterocycles. The predicted octanol–water partition coefficient (Wildman–Crippen LogP) is 4.85. The summed E-state index contributed by atoms with van der Waals surface area (Å²) < 4.78 is 27.8. The number of rotatable bonds is 7. The number of amides is 1. The highest BCUT2D eigenvalue weighted by Crippen LogP contribution is 2.30. The van der Waals surface area contributed by atoms with Gasteiger partial charge in [-0.25, -0.2) is 8.42 Å². The summed E-state index contributed by atoms with van der Waals surface area (Å²) in [6, 6.07) is 20.7. The van der Waals surface area contributed by atoms with Crippen molar-refractivity contribution in [3.8, 4) is 6.07 Å². The number of hydrogen-bond donors (Lipinski definition) is 1. The van der Waals surface area contributed by atoms with E-state index in [2.05, 4.69) is 11.9 Å². The second-order valence-electron chi connectivity index (χ2n) is 6.45. The Hall–Kier alpha value is -3.60. The van der Waals surface area contributed by atoms with Crippen LogP contribution in [0.15, 0.2) is 90.3 Å². The van der Waals surface area contributed by atoms with Gasteiger partial charge in [-0.3, -0.25) is 9.10 Å². The molecule has 0 bridgehead atoms. The first-order valence-electron chi connectivity index (χ1n) is 9.16.